The quantitative estimate of drug-likeness (QED) is 0.785. The fraction of sp³-hybridized carbons (Fsp3) is 0.368. The normalized spacial score (nSPS) is 17.8. The molecule has 26 heavy (non-hydrogen) atoms. The highest BCUT2D eigenvalue weighted by atomic mass is 16.2. The Morgan fingerprint density at radius 2 is 2.08 bits per heavy atom. The van der Waals surface area contributed by atoms with Crippen molar-refractivity contribution >= 4 is 5.91 Å². The topological polar surface area (TPSA) is 79.7 Å². The van der Waals surface area contributed by atoms with Gasteiger partial charge in [0.15, 0.2) is 0 Å². The van der Waals surface area contributed by atoms with Gasteiger partial charge in [0.25, 0.3) is 0 Å². The summed E-state index contributed by atoms with van der Waals surface area (Å²) in [6.45, 7) is 0.737. The molecule has 1 N–H and O–H groups in total. The molecule has 0 atom stereocenters. The van der Waals surface area contributed by atoms with Gasteiger partial charge in [-0.05, 0) is 31.4 Å². The third-order valence-electron chi connectivity index (χ3n) is 5.60. The van der Waals surface area contributed by atoms with Crippen molar-refractivity contribution in [2.24, 2.45) is 0 Å². The zero-order chi connectivity index (χ0) is 17.6. The number of para-hydroxylation sites is 1. The maximum absolute atomic E-state index is 13.1. The number of nitrogens with zero attached hydrogens (tertiary/aromatic N) is 5. The highest BCUT2D eigenvalue weighted by molar-refractivity contribution is 5.80. The summed E-state index contributed by atoms with van der Waals surface area (Å²) in [6, 6.07) is 9.73. The Labute approximate surface area is 151 Å². The smallest absolute Gasteiger partial charge is 0.229 e. The third-order valence-corrected chi connectivity index (χ3v) is 5.60. The van der Waals surface area contributed by atoms with Crippen molar-refractivity contribution in [1.82, 2.24) is 29.9 Å². The number of hydrogen-bond donors (Lipinski definition) is 1. The molecule has 1 spiro atoms. The minimum atomic E-state index is -0.208. The summed E-state index contributed by atoms with van der Waals surface area (Å²) in [5, 5.41) is 8.78. The number of imidazole rings is 1. The molecule has 1 saturated carbocycles. The van der Waals surface area contributed by atoms with E-state index < -0.39 is 0 Å². The van der Waals surface area contributed by atoms with Crippen LogP contribution in [-0.4, -0.2) is 42.3 Å². The van der Waals surface area contributed by atoms with Crippen LogP contribution in [-0.2, 0) is 23.2 Å². The van der Waals surface area contributed by atoms with Gasteiger partial charge in [0, 0.05) is 18.7 Å². The maximum atomic E-state index is 13.1. The van der Waals surface area contributed by atoms with E-state index in [0.29, 0.717) is 5.69 Å². The van der Waals surface area contributed by atoms with Gasteiger partial charge in [-0.15, -0.1) is 0 Å². The minimum Gasteiger partial charge on any atom is -0.348 e. The predicted molar refractivity (Wildman–Crippen MR) is 94.6 cm³/mol. The second kappa shape index (κ2) is 5.79. The first-order valence-electron chi connectivity index (χ1n) is 9.06. The Bertz CT molecular complexity index is 940. The number of nitrogens with one attached hydrogen (secondary N) is 1. The number of hydrogen-bond acceptors (Lipinski definition) is 4. The van der Waals surface area contributed by atoms with Crippen molar-refractivity contribution in [1.29, 1.82) is 0 Å². The van der Waals surface area contributed by atoms with Crippen LogP contribution in [0.3, 0.4) is 0 Å². The van der Waals surface area contributed by atoms with Crippen LogP contribution in [0.5, 0.6) is 0 Å². The summed E-state index contributed by atoms with van der Waals surface area (Å²) < 4.78 is 0. The Morgan fingerprint density at radius 1 is 1.23 bits per heavy atom. The van der Waals surface area contributed by atoms with Crippen molar-refractivity contribution in [3.8, 4) is 5.69 Å². The fourth-order valence-electron chi connectivity index (χ4n) is 4.17. The maximum Gasteiger partial charge on any atom is 0.229 e. The second-order valence-electron chi connectivity index (χ2n) is 7.05. The predicted octanol–water partition coefficient (Wildman–Crippen LogP) is 2.00. The van der Waals surface area contributed by atoms with E-state index in [9.17, 15) is 4.79 Å². The summed E-state index contributed by atoms with van der Waals surface area (Å²) in [5.74, 6) is 0.110. The number of amides is 1. The number of fused-ring (bicyclic) bond motifs is 2. The van der Waals surface area contributed by atoms with Crippen molar-refractivity contribution in [2.45, 2.75) is 37.6 Å². The first kappa shape index (κ1) is 15.3. The first-order valence-corrected chi connectivity index (χ1v) is 9.06. The molecule has 7 heteroatoms. The number of carbonyl (C=O) groups excluding carboxylic acids is 1. The first-order chi connectivity index (χ1) is 12.8. The summed E-state index contributed by atoms with van der Waals surface area (Å²) in [4.78, 5) is 24.4. The molecule has 1 amide bonds. The van der Waals surface area contributed by atoms with Gasteiger partial charge in [0.2, 0.25) is 5.91 Å². The third kappa shape index (κ3) is 2.27. The number of rotatable bonds is 3. The van der Waals surface area contributed by atoms with Crippen LogP contribution in [0.1, 0.15) is 36.3 Å². The van der Waals surface area contributed by atoms with Crippen LogP contribution in [0, 0.1) is 0 Å². The van der Waals surface area contributed by atoms with E-state index in [1.54, 1.807) is 17.3 Å². The van der Waals surface area contributed by atoms with Gasteiger partial charge in [-0.2, -0.15) is 15.0 Å². The van der Waals surface area contributed by atoms with Gasteiger partial charge in [-0.25, -0.2) is 4.98 Å². The molecule has 0 unspecified atom stereocenters. The molecular weight excluding hydrogens is 328 g/mol. The molecule has 5 rings (SSSR count). The van der Waals surface area contributed by atoms with E-state index in [4.69, 9.17) is 0 Å². The zero-order valence-corrected chi connectivity index (χ0v) is 14.4. The molecule has 2 aromatic heterocycles. The zero-order valence-electron chi connectivity index (χ0n) is 14.4. The van der Waals surface area contributed by atoms with Gasteiger partial charge < -0.3 is 9.88 Å². The van der Waals surface area contributed by atoms with Crippen LogP contribution in [0.4, 0.5) is 0 Å². The molecule has 132 valence electrons. The van der Waals surface area contributed by atoms with Crippen LogP contribution in [0.2, 0.25) is 0 Å². The van der Waals surface area contributed by atoms with Gasteiger partial charge in [-0.1, -0.05) is 18.2 Å². The summed E-state index contributed by atoms with van der Waals surface area (Å²) in [7, 11) is 0. The van der Waals surface area contributed by atoms with Gasteiger partial charge in [0.05, 0.1) is 41.6 Å². The fourth-order valence-corrected chi connectivity index (χ4v) is 4.17. The summed E-state index contributed by atoms with van der Waals surface area (Å²) >= 11 is 0. The largest absolute Gasteiger partial charge is 0.348 e. The van der Waals surface area contributed by atoms with Gasteiger partial charge in [-0.3, -0.25) is 4.79 Å². The average Bonchev–Trinajstić information content (AvgIpc) is 3.29. The number of benzene rings is 1. The molecular formula is C19H20N6O. The molecule has 1 aliphatic heterocycles. The highest BCUT2D eigenvalue weighted by Crippen LogP contribution is 2.49. The molecule has 1 aromatic carbocycles. The van der Waals surface area contributed by atoms with E-state index in [0.717, 1.165) is 43.6 Å². The summed E-state index contributed by atoms with van der Waals surface area (Å²) in [5.41, 5.74) is 3.63. The molecule has 0 bridgehead atoms. The molecule has 3 aromatic rings. The van der Waals surface area contributed by atoms with E-state index in [-0.39, 0.29) is 17.9 Å². The van der Waals surface area contributed by atoms with Crippen LogP contribution >= 0.6 is 0 Å². The average molecular weight is 348 g/mol. The van der Waals surface area contributed by atoms with Crippen molar-refractivity contribution in [3.63, 3.8) is 0 Å². The highest BCUT2D eigenvalue weighted by Gasteiger charge is 2.50. The number of aromatic nitrogens is 5. The molecule has 2 aliphatic rings. The molecule has 1 fully saturated rings. The molecule has 0 radical (unpaired) electrons. The monoisotopic (exact) mass is 348 g/mol. The van der Waals surface area contributed by atoms with E-state index in [1.165, 1.54) is 5.69 Å². The van der Waals surface area contributed by atoms with Crippen molar-refractivity contribution < 1.29 is 4.79 Å². The number of aromatic amines is 1. The minimum absolute atomic E-state index is 0.110. The van der Waals surface area contributed by atoms with Crippen LogP contribution < -0.4 is 0 Å². The van der Waals surface area contributed by atoms with Crippen LogP contribution in [0.15, 0.2) is 42.9 Å². The molecule has 7 nitrogen and oxygen atoms in total. The Balaban J connectivity index is 1.37. The Morgan fingerprint density at radius 3 is 2.85 bits per heavy atom. The lowest BCUT2D eigenvalue weighted by Gasteiger charge is -2.52. The lowest BCUT2D eigenvalue weighted by atomic mass is 9.70. The standard InChI is InChI=1S/C19H20N6O/c26-17(11-14-12-22-25(23-14)15-5-2-1-3-6-15)24-10-7-16-18(21-13-20-16)19(24)8-4-9-19/h1-3,5-6,12-13H,4,7-11H2,(H,20,21). The Kier molecular flexibility index (Phi) is 3.41. The lowest BCUT2D eigenvalue weighted by molar-refractivity contribution is -0.143. The van der Waals surface area contributed by atoms with Crippen molar-refractivity contribution in [3.05, 3.63) is 59.9 Å². The van der Waals surface area contributed by atoms with Gasteiger partial charge >= 0.3 is 0 Å². The van der Waals surface area contributed by atoms with Gasteiger partial charge in [0.1, 0.15) is 0 Å². The molecule has 3 heterocycles. The van der Waals surface area contributed by atoms with E-state index in [2.05, 4.69) is 20.2 Å². The van der Waals surface area contributed by atoms with Crippen LogP contribution in [0.25, 0.3) is 5.69 Å². The van der Waals surface area contributed by atoms with Crippen molar-refractivity contribution in [2.75, 3.05) is 6.54 Å². The number of carbonyl (C=O) groups is 1. The lowest BCUT2D eigenvalue weighted by Crippen LogP contribution is -2.57. The Hall–Kier alpha value is -2.96. The number of H-pyrrole nitrogens is 1. The SMILES string of the molecule is O=C(Cc1cnn(-c2ccccc2)n1)N1CCc2[nH]cnc2C12CCC2. The second-order valence-corrected chi connectivity index (χ2v) is 7.05. The van der Waals surface area contributed by atoms with E-state index >= 15 is 0 Å². The summed E-state index contributed by atoms with van der Waals surface area (Å²) in [6.07, 6.45) is 7.67. The molecule has 0 saturated heterocycles. The van der Waals surface area contributed by atoms with E-state index in [1.807, 2.05) is 35.2 Å². The molecule has 1 aliphatic carbocycles.